The molecule has 0 aromatic heterocycles. The molecule has 1 heterocycles. The van der Waals surface area contributed by atoms with E-state index in [0.29, 0.717) is 6.04 Å². The van der Waals surface area contributed by atoms with Crippen LogP contribution in [0.15, 0.2) is 54.6 Å². The molecule has 1 aliphatic rings. The van der Waals surface area contributed by atoms with Crippen molar-refractivity contribution in [2.24, 2.45) is 0 Å². The molecule has 2 aromatic carbocycles. The Hall–Kier alpha value is -1.80. The highest BCUT2D eigenvalue weighted by Gasteiger charge is 2.18. The second-order valence-corrected chi connectivity index (χ2v) is 4.28. The molecule has 0 amide bonds. The summed E-state index contributed by atoms with van der Waals surface area (Å²) in [6.45, 7) is 1.12. The van der Waals surface area contributed by atoms with E-state index in [-0.39, 0.29) is 0 Å². The molecule has 86 valence electrons. The number of hydrogen-bond acceptors (Lipinski definition) is 2. The number of benzene rings is 2. The van der Waals surface area contributed by atoms with Crippen LogP contribution in [0.5, 0.6) is 11.5 Å². The normalized spacial score (nSPS) is 18.5. The molecule has 1 aliphatic heterocycles. The van der Waals surface area contributed by atoms with Gasteiger partial charge in [-0.05, 0) is 42.8 Å². The Labute approximate surface area is 101 Å². The molecule has 1 fully saturated rings. The first kappa shape index (κ1) is 10.4. The molecule has 0 spiro atoms. The predicted octanol–water partition coefficient (Wildman–Crippen LogP) is 3.51. The minimum Gasteiger partial charge on any atom is -0.457 e. The molecule has 0 saturated carbocycles. The van der Waals surface area contributed by atoms with E-state index in [1.807, 2.05) is 42.5 Å². The van der Waals surface area contributed by atoms with E-state index >= 15 is 0 Å². The topological polar surface area (TPSA) is 21.3 Å². The van der Waals surface area contributed by atoms with Gasteiger partial charge in [-0.15, -0.1) is 0 Å². The van der Waals surface area contributed by atoms with Gasteiger partial charge in [-0.3, -0.25) is 0 Å². The van der Waals surface area contributed by atoms with Crippen LogP contribution in [0.25, 0.3) is 0 Å². The van der Waals surface area contributed by atoms with Gasteiger partial charge in [-0.25, -0.2) is 0 Å². The number of nitrogens with one attached hydrogen (secondary N) is 1. The lowest BCUT2D eigenvalue weighted by molar-refractivity contribution is 0.381. The van der Waals surface area contributed by atoms with Crippen LogP contribution in [0.4, 0.5) is 0 Å². The van der Waals surface area contributed by atoms with Gasteiger partial charge in [0.25, 0.3) is 0 Å². The number of ether oxygens (including phenoxy) is 1. The van der Waals surface area contributed by atoms with Crippen molar-refractivity contribution in [3.63, 3.8) is 0 Å². The molecule has 2 nitrogen and oxygen atoms in total. The SMILES string of the molecule is c1ccc(Oc2cccc(C3CCN3)c2)cc1. The van der Waals surface area contributed by atoms with E-state index in [1.165, 1.54) is 12.0 Å². The summed E-state index contributed by atoms with van der Waals surface area (Å²) in [6, 6.07) is 18.7. The summed E-state index contributed by atoms with van der Waals surface area (Å²) in [5, 5.41) is 3.40. The molecule has 3 rings (SSSR count). The summed E-state index contributed by atoms with van der Waals surface area (Å²) in [5.74, 6) is 1.79. The standard InChI is InChI=1S/C15H15NO/c1-2-6-13(7-3-1)17-14-8-4-5-12(11-14)15-9-10-16-15/h1-8,11,15-16H,9-10H2. The third-order valence-corrected chi connectivity index (χ3v) is 3.06. The van der Waals surface area contributed by atoms with Crippen molar-refractivity contribution in [3.8, 4) is 11.5 Å². The molecule has 0 radical (unpaired) electrons. The molecule has 0 aliphatic carbocycles. The zero-order valence-corrected chi connectivity index (χ0v) is 9.60. The van der Waals surface area contributed by atoms with Crippen molar-refractivity contribution in [2.75, 3.05) is 6.54 Å². The lowest BCUT2D eigenvalue weighted by atomic mass is 9.98. The summed E-state index contributed by atoms with van der Waals surface area (Å²) in [5.41, 5.74) is 1.31. The molecule has 1 N–H and O–H groups in total. The summed E-state index contributed by atoms with van der Waals surface area (Å²) in [7, 11) is 0. The minimum atomic E-state index is 0.509. The Morgan fingerprint density at radius 2 is 1.71 bits per heavy atom. The van der Waals surface area contributed by atoms with Gasteiger partial charge in [0, 0.05) is 6.04 Å². The Kier molecular flexibility index (Phi) is 2.80. The van der Waals surface area contributed by atoms with Crippen LogP contribution < -0.4 is 10.1 Å². The Morgan fingerprint density at radius 1 is 0.941 bits per heavy atom. The highest BCUT2D eigenvalue weighted by Crippen LogP contribution is 2.28. The van der Waals surface area contributed by atoms with Gasteiger partial charge in [0.2, 0.25) is 0 Å². The molecule has 1 saturated heterocycles. The van der Waals surface area contributed by atoms with Crippen LogP contribution in [0, 0.1) is 0 Å². The zero-order chi connectivity index (χ0) is 11.5. The van der Waals surface area contributed by atoms with Gasteiger partial charge in [-0.2, -0.15) is 0 Å². The fraction of sp³-hybridized carbons (Fsp3) is 0.200. The van der Waals surface area contributed by atoms with Crippen molar-refractivity contribution in [1.29, 1.82) is 0 Å². The average molecular weight is 225 g/mol. The molecule has 2 aromatic rings. The maximum absolute atomic E-state index is 5.81. The first-order chi connectivity index (χ1) is 8.42. The average Bonchev–Trinajstić information content (AvgIpc) is 2.28. The third-order valence-electron chi connectivity index (χ3n) is 3.06. The fourth-order valence-electron chi connectivity index (χ4n) is 1.99. The number of hydrogen-bond donors (Lipinski definition) is 1. The summed E-state index contributed by atoms with van der Waals surface area (Å²) in [6.07, 6.45) is 1.22. The van der Waals surface area contributed by atoms with Crippen molar-refractivity contribution in [3.05, 3.63) is 60.2 Å². The first-order valence-electron chi connectivity index (χ1n) is 5.98. The maximum atomic E-state index is 5.81. The van der Waals surface area contributed by atoms with E-state index in [1.54, 1.807) is 0 Å². The third kappa shape index (κ3) is 2.32. The van der Waals surface area contributed by atoms with Gasteiger partial charge in [0.15, 0.2) is 0 Å². The molecule has 2 heteroatoms. The van der Waals surface area contributed by atoms with Crippen LogP contribution >= 0.6 is 0 Å². The number of para-hydroxylation sites is 1. The van der Waals surface area contributed by atoms with E-state index in [2.05, 4.69) is 17.4 Å². The lowest BCUT2D eigenvalue weighted by Gasteiger charge is -2.28. The van der Waals surface area contributed by atoms with Crippen molar-refractivity contribution < 1.29 is 4.74 Å². The molecule has 17 heavy (non-hydrogen) atoms. The summed E-state index contributed by atoms with van der Waals surface area (Å²) >= 11 is 0. The Morgan fingerprint density at radius 3 is 2.41 bits per heavy atom. The summed E-state index contributed by atoms with van der Waals surface area (Å²) < 4.78 is 5.81. The summed E-state index contributed by atoms with van der Waals surface area (Å²) in [4.78, 5) is 0. The quantitative estimate of drug-likeness (QED) is 0.863. The Balaban J connectivity index is 1.79. The van der Waals surface area contributed by atoms with Gasteiger partial charge in [-0.1, -0.05) is 30.3 Å². The molecular formula is C15H15NO. The molecule has 0 bridgehead atoms. The van der Waals surface area contributed by atoms with Gasteiger partial charge >= 0.3 is 0 Å². The highest BCUT2D eigenvalue weighted by molar-refractivity contribution is 5.35. The van der Waals surface area contributed by atoms with Gasteiger partial charge in [0.1, 0.15) is 11.5 Å². The zero-order valence-electron chi connectivity index (χ0n) is 9.60. The van der Waals surface area contributed by atoms with Gasteiger partial charge in [0.05, 0.1) is 0 Å². The Bertz CT molecular complexity index is 491. The lowest BCUT2D eigenvalue weighted by Crippen LogP contribution is -2.34. The van der Waals surface area contributed by atoms with Crippen molar-refractivity contribution in [1.82, 2.24) is 5.32 Å². The second-order valence-electron chi connectivity index (χ2n) is 4.28. The van der Waals surface area contributed by atoms with E-state index in [4.69, 9.17) is 4.74 Å². The highest BCUT2D eigenvalue weighted by atomic mass is 16.5. The fourth-order valence-corrected chi connectivity index (χ4v) is 1.99. The molecule has 1 atom stereocenters. The van der Waals surface area contributed by atoms with E-state index in [0.717, 1.165) is 18.0 Å². The van der Waals surface area contributed by atoms with Gasteiger partial charge < -0.3 is 10.1 Å². The molecule has 1 unspecified atom stereocenters. The van der Waals surface area contributed by atoms with Crippen LogP contribution in [-0.4, -0.2) is 6.54 Å². The van der Waals surface area contributed by atoms with Crippen LogP contribution in [0.1, 0.15) is 18.0 Å². The van der Waals surface area contributed by atoms with Crippen LogP contribution in [0.3, 0.4) is 0 Å². The van der Waals surface area contributed by atoms with Crippen LogP contribution in [0.2, 0.25) is 0 Å². The first-order valence-corrected chi connectivity index (χ1v) is 5.98. The largest absolute Gasteiger partial charge is 0.457 e. The van der Waals surface area contributed by atoms with Crippen molar-refractivity contribution in [2.45, 2.75) is 12.5 Å². The van der Waals surface area contributed by atoms with E-state index in [9.17, 15) is 0 Å². The second kappa shape index (κ2) is 4.60. The van der Waals surface area contributed by atoms with Crippen LogP contribution in [-0.2, 0) is 0 Å². The maximum Gasteiger partial charge on any atom is 0.127 e. The minimum absolute atomic E-state index is 0.509. The number of rotatable bonds is 3. The predicted molar refractivity (Wildman–Crippen MR) is 68.3 cm³/mol. The van der Waals surface area contributed by atoms with Crippen molar-refractivity contribution >= 4 is 0 Å². The van der Waals surface area contributed by atoms with E-state index < -0.39 is 0 Å². The monoisotopic (exact) mass is 225 g/mol. The smallest absolute Gasteiger partial charge is 0.127 e. The molecular weight excluding hydrogens is 210 g/mol.